The maximum atomic E-state index is 11.8. The van der Waals surface area contributed by atoms with E-state index in [-0.39, 0.29) is 6.61 Å². The SMILES string of the molecule is CCCCCCOc1ccc(C(=O)OO[CH]COCCCC)cc1. The van der Waals surface area contributed by atoms with Crippen molar-refractivity contribution < 1.29 is 24.0 Å². The van der Waals surface area contributed by atoms with E-state index in [4.69, 9.17) is 14.4 Å². The fourth-order valence-corrected chi connectivity index (χ4v) is 1.94. The van der Waals surface area contributed by atoms with E-state index in [0.29, 0.717) is 18.8 Å². The van der Waals surface area contributed by atoms with Gasteiger partial charge in [0.1, 0.15) is 5.75 Å². The van der Waals surface area contributed by atoms with E-state index in [9.17, 15) is 4.79 Å². The lowest BCUT2D eigenvalue weighted by Crippen LogP contribution is -2.07. The van der Waals surface area contributed by atoms with Gasteiger partial charge in [0.25, 0.3) is 0 Å². The number of hydrogen-bond acceptors (Lipinski definition) is 5. The van der Waals surface area contributed by atoms with E-state index in [1.165, 1.54) is 25.9 Å². The van der Waals surface area contributed by atoms with Crippen molar-refractivity contribution in [3.05, 3.63) is 36.4 Å². The molecule has 0 amide bonds. The van der Waals surface area contributed by atoms with Crippen molar-refractivity contribution in [1.29, 1.82) is 0 Å². The number of carbonyl (C=O) groups excluding carboxylic acids is 1. The Bertz CT molecular complexity index is 430. The summed E-state index contributed by atoms with van der Waals surface area (Å²) in [6, 6.07) is 6.83. The van der Waals surface area contributed by atoms with Gasteiger partial charge in [-0.15, -0.1) is 0 Å². The van der Waals surface area contributed by atoms with Crippen molar-refractivity contribution in [3.8, 4) is 5.75 Å². The summed E-state index contributed by atoms with van der Waals surface area (Å²) >= 11 is 0. The second-order valence-corrected chi connectivity index (χ2v) is 5.50. The van der Waals surface area contributed by atoms with Crippen molar-refractivity contribution in [2.24, 2.45) is 0 Å². The molecular formula is C19H29O5. The summed E-state index contributed by atoms with van der Waals surface area (Å²) in [6.07, 6.45) is 6.74. The highest BCUT2D eigenvalue weighted by atomic mass is 17.2. The summed E-state index contributed by atoms with van der Waals surface area (Å²) in [6.45, 7) is 7.25. The van der Waals surface area contributed by atoms with Gasteiger partial charge in [0.15, 0.2) is 6.61 Å². The molecule has 0 heterocycles. The number of unbranched alkanes of at least 4 members (excludes halogenated alkanes) is 4. The van der Waals surface area contributed by atoms with Crippen LogP contribution in [0.2, 0.25) is 0 Å². The lowest BCUT2D eigenvalue weighted by atomic mass is 10.2. The Hall–Kier alpha value is -1.59. The maximum Gasteiger partial charge on any atom is 0.373 e. The fraction of sp³-hybridized carbons (Fsp3) is 0.579. The van der Waals surface area contributed by atoms with Crippen LogP contribution in [0.3, 0.4) is 0 Å². The van der Waals surface area contributed by atoms with E-state index in [0.717, 1.165) is 25.0 Å². The average Bonchev–Trinajstić information content (AvgIpc) is 2.61. The second-order valence-electron chi connectivity index (χ2n) is 5.50. The van der Waals surface area contributed by atoms with Gasteiger partial charge >= 0.3 is 5.97 Å². The molecule has 135 valence electrons. The summed E-state index contributed by atoms with van der Waals surface area (Å²) < 4.78 is 10.9. The Morgan fingerprint density at radius 2 is 1.71 bits per heavy atom. The molecule has 1 aromatic carbocycles. The Balaban J connectivity index is 2.16. The van der Waals surface area contributed by atoms with Crippen LogP contribution in [0.25, 0.3) is 0 Å². The molecule has 0 fully saturated rings. The Labute approximate surface area is 145 Å². The summed E-state index contributed by atoms with van der Waals surface area (Å²) in [5.74, 6) is 0.203. The standard InChI is InChI=1S/C19H29O5/c1-3-5-7-8-14-22-18-11-9-17(10-12-18)19(20)24-23-16-15-21-13-6-4-2/h9-12,16H,3-8,13-15H2,1-2H3. The molecular weight excluding hydrogens is 308 g/mol. The van der Waals surface area contributed by atoms with Crippen LogP contribution in [-0.2, 0) is 14.5 Å². The van der Waals surface area contributed by atoms with E-state index in [1.807, 2.05) is 0 Å². The van der Waals surface area contributed by atoms with Crippen LogP contribution in [0.15, 0.2) is 24.3 Å². The van der Waals surface area contributed by atoms with Crippen molar-refractivity contribution in [3.63, 3.8) is 0 Å². The Kier molecular flexibility index (Phi) is 11.8. The summed E-state index contributed by atoms with van der Waals surface area (Å²) in [4.78, 5) is 21.2. The van der Waals surface area contributed by atoms with Crippen LogP contribution >= 0.6 is 0 Å². The molecule has 5 heteroatoms. The molecule has 0 spiro atoms. The van der Waals surface area contributed by atoms with Crippen molar-refractivity contribution in [2.45, 2.75) is 52.4 Å². The van der Waals surface area contributed by atoms with Crippen LogP contribution in [0, 0.1) is 6.61 Å². The quantitative estimate of drug-likeness (QED) is 0.279. The Morgan fingerprint density at radius 3 is 2.42 bits per heavy atom. The summed E-state index contributed by atoms with van der Waals surface area (Å²) in [7, 11) is 0. The van der Waals surface area contributed by atoms with E-state index in [1.54, 1.807) is 24.3 Å². The molecule has 0 aliphatic heterocycles. The summed E-state index contributed by atoms with van der Waals surface area (Å²) in [5.41, 5.74) is 0.411. The highest BCUT2D eigenvalue weighted by Crippen LogP contribution is 2.14. The fourth-order valence-electron chi connectivity index (χ4n) is 1.94. The molecule has 1 aromatic rings. The number of rotatable bonds is 14. The lowest BCUT2D eigenvalue weighted by Gasteiger charge is -2.07. The molecule has 0 unspecified atom stereocenters. The molecule has 0 aliphatic rings. The number of carbonyl (C=O) groups is 1. The van der Waals surface area contributed by atoms with Crippen molar-refractivity contribution >= 4 is 5.97 Å². The van der Waals surface area contributed by atoms with E-state index >= 15 is 0 Å². The molecule has 0 bridgehead atoms. The van der Waals surface area contributed by atoms with Gasteiger partial charge < -0.3 is 9.47 Å². The molecule has 0 aromatic heterocycles. The van der Waals surface area contributed by atoms with Gasteiger partial charge in [-0.05, 0) is 37.1 Å². The van der Waals surface area contributed by atoms with Gasteiger partial charge in [-0.25, -0.2) is 4.79 Å². The van der Waals surface area contributed by atoms with Gasteiger partial charge in [-0.3, -0.25) is 4.89 Å². The normalized spacial score (nSPS) is 10.6. The van der Waals surface area contributed by atoms with Crippen molar-refractivity contribution in [1.82, 2.24) is 0 Å². The predicted octanol–water partition coefficient (Wildman–Crippen LogP) is 4.71. The van der Waals surface area contributed by atoms with Crippen LogP contribution < -0.4 is 4.74 Å². The number of benzene rings is 1. The minimum absolute atomic E-state index is 0.290. The van der Waals surface area contributed by atoms with E-state index < -0.39 is 5.97 Å². The molecule has 0 N–H and O–H groups in total. The van der Waals surface area contributed by atoms with Crippen LogP contribution in [0.1, 0.15) is 62.7 Å². The minimum Gasteiger partial charge on any atom is -0.494 e. The van der Waals surface area contributed by atoms with Crippen LogP contribution in [0.4, 0.5) is 0 Å². The first-order chi connectivity index (χ1) is 11.8. The van der Waals surface area contributed by atoms with Gasteiger partial charge in [-0.1, -0.05) is 39.5 Å². The third kappa shape index (κ3) is 9.53. The van der Waals surface area contributed by atoms with Gasteiger partial charge in [0.05, 0.1) is 18.8 Å². The zero-order chi connectivity index (χ0) is 17.5. The second kappa shape index (κ2) is 13.8. The third-order valence-corrected chi connectivity index (χ3v) is 3.38. The molecule has 0 aliphatic carbocycles. The Morgan fingerprint density at radius 1 is 0.958 bits per heavy atom. The topological polar surface area (TPSA) is 54.0 Å². The number of hydrogen-bond donors (Lipinski definition) is 0. The first kappa shape index (κ1) is 20.5. The van der Waals surface area contributed by atoms with Crippen LogP contribution in [-0.4, -0.2) is 25.8 Å². The first-order valence-corrected chi connectivity index (χ1v) is 8.77. The lowest BCUT2D eigenvalue weighted by molar-refractivity contribution is -0.218. The largest absolute Gasteiger partial charge is 0.494 e. The number of ether oxygens (including phenoxy) is 2. The zero-order valence-corrected chi connectivity index (χ0v) is 14.8. The van der Waals surface area contributed by atoms with E-state index in [2.05, 4.69) is 18.7 Å². The van der Waals surface area contributed by atoms with Crippen molar-refractivity contribution in [2.75, 3.05) is 19.8 Å². The third-order valence-electron chi connectivity index (χ3n) is 3.38. The smallest absolute Gasteiger partial charge is 0.373 e. The zero-order valence-electron chi connectivity index (χ0n) is 14.8. The molecule has 0 saturated heterocycles. The monoisotopic (exact) mass is 337 g/mol. The van der Waals surface area contributed by atoms with Gasteiger partial charge in [0, 0.05) is 6.61 Å². The molecule has 5 nitrogen and oxygen atoms in total. The van der Waals surface area contributed by atoms with Crippen LogP contribution in [0.5, 0.6) is 5.75 Å². The molecule has 1 radical (unpaired) electrons. The minimum atomic E-state index is -0.547. The van der Waals surface area contributed by atoms with Gasteiger partial charge in [-0.2, -0.15) is 4.89 Å². The first-order valence-electron chi connectivity index (χ1n) is 8.77. The molecule has 0 atom stereocenters. The molecule has 0 saturated carbocycles. The highest BCUT2D eigenvalue weighted by molar-refractivity contribution is 5.89. The molecule has 1 rings (SSSR count). The molecule has 24 heavy (non-hydrogen) atoms. The average molecular weight is 337 g/mol. The predicted molar refractivity (Wildman–Crippen MR) is 92.6 cm³/mol. The maximum absolute atomic E-state index is 11.8. The summed E-state index contributed by atoms with van der Waals surface area (Å²) in [5, 5.41) is 0. The van der Waals surface area contributed by atoms with Gasteiger partial charge in [0.2, 0.25) is 0 Å². The highest BCUT2D eigenvalue weighted by Gasteiger charge is 2.08.